The van der Waals surface area contributed by atoms with Crippen LogP contribution in [0.1, 0.15) is 16.8 Å². The number of rotatable bonds is 3. The zero-order valence-corrected chi connectivity index (χ0v) is 9.60. The highest BCUT2D eigenvalue weighted by Gasteiger charge is 2.13. The van der Waals surface area contributed by atoms with E-state index in [0.29, 0.717) is 3.57 Å². The highest BCUT2D eigenvalue weighted by molar-refractivity contribution is 14.1. The lowest BCUT2D eigenvalue weighted by atomic mass is 10.1. The summed E-state index contributed by atoms with van der Waals surface area (Å²) in [5.74, 6) is -0.483. The van der Waals surface area contributed by atoms with Crippen molar-refractivity contribution in [1.82, 2.24) is 0 Å². The first-order chi connectivity index (χ1) is 6.16. The molecule has 0 spiro atoms. The van der Waals surface area contributed by atoms with Gasteiger partial charge >= 0.3 is 0 Å². The lowest BCUT2D eigenvalue weighted by Gasteiger charge is -2.02. The number of ketones is 1. The van der Waals surface area contributed by atoms with E-state index in [1.807, 2.05) is 22.6 Å². The van der Waals surface area contributed by atoms with E-state index in [0.717, 1.165) is 0 Å². The van der Waals surface area contributed by atoms with E-state index >= 15 is 0 Å². The largest absolute Gasteiger partial charge is 0.294 e. The van der Waals surface area contributed by atoms with E-state index in [2.05, 4.69) is 0 Å². The highest BCUT2D eigenvalue weighted by atomic mass is 127. The SMILES string of the molecule is O=C(CCCl)c1c(F)cccc1I. The summed E-state index contributed by atoms with van der Waals surface area (Å²) in [6.07, 6.45) is 0.179. The molecule has 13 heavy (non-hydrogen) atoms. The standard InChI is InChI=1S/C9H7ClFIO/c10-5-4-8(13)9-6(11)2-1-3-7(9)12/h1-3H,4-5H2. The zero-order chi connectivity index (χ0) is 9.84. The Kier molecular flexibility index (Phi) is 4.12. The van der Waals surface area contributed by atoms with Gasteiger partial charge in [0.05, 0.1) is 5.56 Å². The van der Waals surface area contributed by atoms with E-state index in [9.17, 15) is 9.18 Å². The van der Waals surface area contributed by atoms with Gasteiger partial charge in [-0.1, -0.05) is 6.07 Å². The van der Waals surface area contributed by atoms with Crippen LogP contribution in [-0.4, -0.2) is 11.7 Å². The average molecular weight is 313 g/mol. The molecule has 0 bridgehead atoms. The van der Waals surface area contributed by atoms with Crippen molar-refractivity contribution in [2.24, 2.45) is 0 Å². The van der Waals surface area contributed by atoms with Crippen LogP contribution < -0.4 is 0 Å². The first-order valence-electron chi connectivity index (χ1n) is 3.70. The van der Waals surface area contributed by atoms with Crippen molar-refractivity contribution in [1.29, 1.82) is 0 Å². The Morgan fingerprint density at radius 1 is 1.54 bits per heavy atom. The molecular formula is C9H7ClFIO. The third kappa shape index (κ3) is 2.64. The molecule has 0 saturated carbocycles. The maximum Gasteiger partial charge on any atom is 0.168 e. The van der Waals surface area contributed by atoms with Crippen LogP contribution in [0.15, 0.2) is 18.2 Å². The molecule has 0 fully saturated rings. The predicted octanol–water partition coefficient (Wildman–Crippen LogP) is 3.24. The molecule has 4 heteroatoms. The maximum atomic E-state index is 13.2. The van der Waals surface area contributed by atoms with E-state index in [4.69, 9.17) is 11.6 Å². The van der Waals surface area contributed by atoms with Crippen LogP contribution in [0.4, 0.5) is 4.39 Å². The number of halogens is 3. The topological polar surface area (TPSA) is 17.1 Å². The Bertz CT molecular complexity index is 307. The molecule has 0 N–H and O–H groups in total. The molecule has 0 unspecified atom stereocenters. The molecule has 0 saturated heterocycles. The Hall–Kier alpha value is -0.160. The van der Waals surface area contributed by atoms with Crippen molar-refractivity contribution in [2.75, 3.05) is 5.88 Å². The van der Waals surface area contributed by atoms with Crippen LogP contribution in [0.3, 0.4) is 0 Å². The minimum atomic E-state index is -0.470. The molecule has 0 heterocycles. The van der Waals surface area contributed by atoms with Gasteiger partial charge in [-0.25, -0.2) is 4.39 Å². The number of Topliss-reactive ketones (excluding diaryl/α,β-unsaturated/α-hetero) is 1. The molecule has 0 amide bonds. The quantitative estimate of drug-likeness (QED) is 0.476. The van der Waals surface area contributed by atoms with Gasteiger partial charge in [0, 0.05) is 15.9 Å². The van der Waals surface area contributed by atoms with Crippen molar-refractivity contribution < 1.29 is 9.18 Å². The molecule has 0 aliphatic rings. The van der Waals surface area contributed by atoms with E-state index in [1.54, 1.807) is 12.1 Å². The van der Waals surface area contributed by atoms with Crippen LogP contribution in [-0.2, 0) is 0 Å². The lowest BCUT2D eigenvalue weighted by molar-refractivity contribution is 0.0984. The molecule has 1 aromatic carbocycles. The van der Waals surface area contributed by atoms with Gasteiger partial charge in [-0.05, 0) is 34.7 Å². The predicted molar refractivity (Wildman–Crippen MR) is 58.8 cm³/mol. The second-order valence-corrected chi connectivity index (χ2v) is 4.00. The second kappa shape index (κ2) is 4.91. The van der Waals surface area contributed by atoms with Gasteiger partial charge in [0.2, 0.25) is 0 Å². The van der Waals surface area contributed by atoms with Crippen LogP contribution in [0.2, 0.25) is 0 Å². The molecule has 0 atom stereocenters. The summed E-state index contributed by atoms with van der Waals surface area (Å²) < 4.78 is 13.8. The normalized spacial score (nSPS) is 10.1. The fourth-order valence-corrected chi connectivity index (χ4v) is 1.91. The van der Waals surface area contributed by atoms with Crippen LogP contribution in [0.5, 0.6) is 0 Å². The minimum Gasteiger partial charge on any atom is -0.294 e. The molecular weight excluding hydrogens is 305 g/mol. The monoisotopic (exact) mass is 312 g/mol. The number of benzene rings is 1. The molecule has 0 aliphatic carbocycles. The summed E-state index contributed by atoms with van der Waals surface area (Å²) in [7, 11) is 0. The summed E-state index contributed by atoms with van der Waals surface area (Å²) in [6.45, 7) is 0. The van der Waals surface area contributed by atoms with E-state index in [1.165, 1.54) is 6.07 Å². The third-order valence-electron chi connectivity index (χ3n) is 1.56. The Labute approximate surface area is 94.4 Å². The molecule has 1 aromatic rings. The van der Waals surface area contributed by atoms with E-state index < -0.39 is 5.82 Å². The third-order valence-corrected chi connectivity index (χ3v) is 2.65. The maximum absolute atomic E-state index is 13.2. The lowest BCUT2D eigenvalue weighted by Crippen LogP contribution is -2.05. The van der Waals surface area contributed by atoms with Gasteiger partial charge in [-0.3, -0.25) is 4.79 Å². The fraction of sp³-hybridized carbons (Fsp3) is 0.222. The smallest absolute Gasteiger partial charge is 0.168 e. The summed E-state index contributed by atoms with van der Waals surface area (Å²) in [4.78, 5) is 11.4. The van der Waals surface area contributed by atoms with Crippen LogP contribution in [0, 0.1) is 9.39 Å². The fourth-order valence-electron chi connectivity index (χ4n) is 0.975. The highest BCUT2D eigenvalue weighted by Crippen LogP contribution is 2.17. The van der Waals surface area contributed by atoms with Crippen molar-refractivity contribution in [3.63, 3.8) is 0 Å². The molecule has 0 radical (unpaired) electrons. The number of alkyl halides is 1. The Morgan fingerprint density at radius 2 is 2.23 bits per heavy atom. The number of carbonyl (C=O) groups is 1. The first kappa shape index (κ1) is 10.9. The minimum absolute atomic E-state index is 0.156. The molecule has 1 nitrogen and oxygen atoms in total. The molecule has 0 aromatic heterocycles. The van der Waals surface area contributed by atoms with Crippen molar-refractivity contribution in [3.8, 4) is 0 Å². The van der Waals surface area contributed by atoms with Crippen molar-refractivity contribution in [2.45, 2.75) is 6.42 Å². The second-order valence-electron chi connectivity index (χ2n) is 2.46. The molecule has 1 rings (SSSR count). The van der Waals surface area contributed by atoms with Gasteiger partial charge in [0.25, 0.3) is 0 Å². The Morgan fingerprint density at radius 3 is 2.77 bits per heavy atom. The summed E-state index contributed by atoms with van der Waals surface area (Å²) in [5.41, 5.74) is 0.156. The van der Waals surface area contributed by atoms with Gasteiger partial charge in [0.1, 0.15) is 5.82 Å². The Balaban J connectivity index is 3.05. The summed E-state index contributed by atoms with van der Waals surface area (Å²) >= 11 is 7.34. The van der Waals surface area contributed by atoms with Crippen LogP contribution >= 0.6 is 34.2 Å². The van der Waals surface area contributed by atoms with E-state index in [-0.39, 0.29) is 23.6 Å². The zero-order valence-electron chi connectivity index (χ0n) is 6.69. The van der Waals surface area contributed by atoms with Crippen LogP contribution in [0.25, 0.3) is 0 Å². The number of carbonyl (C=O) groups excluding carboxylic acids is 1. The van der Waals surface area contributed by atoms with Crippen molar-refractivity contribution >= 4 is 40.0 Å². The summed E-state index contributed by atoms with van der Waals surface area (Å²) in [5, 5.41) is 0. The van der Waals surface area contributed by atoms with Gasteiger partial charge in [0.15, 0.2) is 5.78 Å². The molecule has 0 aliphatic heterocycles. The number of hydrogen-bond donors (Lipinski definition) is 0. The van der Waals surface area contributed by atoms with Gasteiger partial charge in [-0.15, -0.1) is 11.6 Å². The van der Waals surface area contributed by atoms with Gasteiger partial charge < -0.3 is 0 Å². The number of hydrogen-bond acceptors (Lipinski definition) is 1. The first-order valence-corrected chi connectivity index (χ1v) is 5.31. The average Bonchev–Trinajstić information content (AvgIpc) is 2.04. The van der Waals surface area contributed by atoms with Crippen molar-refractivity contribution in [3.05, 3.63) is 33.1 Å². The molecule has 70 valence electrons. The summed E-state index contributed by atoms with van der Waals surface area (Å²) in [6, 6.07) is 4.56. The van der Waals surface area contributed by atoms with Gasteiger partial charge in [-0.2, -0.15) is 0 Å².